The number of amides is 1. The second-order valence-electron chi connectivity index (χ2n) is 3.91. The van der Waals surface area contributed by atoms with E-state index in [2.05, 4.69) is 17.1 Å². The highest BCUT2D eigenvalue weighted by molar-refractivity contribution is 5.75. The summed E-state index contributed by atoms with van der Waals surface area (Å²) >= 11 is 0. The van der Waals surface area contributed by atoms with Crippen LogP contribution in [0.4, 0.5) is 0 Å². The fraction of sp³-hybridized carbons (Fsp3) is 0.923. The van der Waals surface area contributed by atoms with Crippen LogP contribution in [0.2, 0.25) is 0 Å². The summed E-state index contributed by atoms with van der Waals surface area (Å²) in [5, 5.41) is 2.94. The number of rotatable bonds is 6. The highest BCUT2D eigenvalue weighted by Crippen LogP contribution is 1.96. The van der Waals surface area contributed by atoms with Gasteiger partial charge in [0.15, 0.2) is 0 Å². The first-order valence-electron chi connectivity index (χ1n) is 6.89. The molecule has 0 saturated carbocycles. The van der Waals surface area contributed by atoms with Crippen LogP contribution in [0.1, 0.15) is 40.0 Å². The molecule has 1 fully saturated rings. The minimum Gasteiger partial charge on any atom is -0.379 e. The molecule has 17 heavy (non-hydrogen) atoms. The van der Waals surface area contributed by atoms with Crippen molar-refractivity contribution >= 4 is 5.91 Å². The second kappa shape index (κ2) is 11.9. The molecule has 0 radical (unpaired) electrons. The Morgan fingerprint density at radius 3 is 2.53 bits per heavy atom. The Labute approximate surface area is 106 Å². The normalized spacial score (nSPS) is 15.9. The van der Waals surface area contributed by atoms with Crippen LogP contribution in [-0.4, -0.2) is 50.2 Å². The molecule has 102 valence electrons. The first kappa shape index (κ1) is 16.4. The molecule has 4 heteroatoms. The van der Waals surface area contributed by atoms with E-state index in [1.165, 1.54) is 0 Å². The van der Waals surface area contributed by atoms with Gasteiger partial charge in [0.25, 0.3) is 0 Å². The van der Waals surface area contributed by atoms with Gasteiger partial charge in [-0.1, -0.05) is 27.2 Å². The van der Waals surface area contributed by atoms with Crippen LogP contribution in [0.25, 0.3) is 0 Å². The van der Waals surface area contributed by atoms with E-state index in [1.54, 1.807) is 0 Å². The van der Waals surface area contributed by atoms with Gasteiger partial charge in [-0.2, -0.15) is 0 Å². The minimum atomic E-state index is 0.185. The van der Waals surface area contributed by atoms with E-state index >= 15 is 0 Å². The van der Waals surface area contributed by atoms with E-state index in [1.807, 2.05) is 13.8 Å². The third-order valence-corrected chi connectivity index (χ3v) is 2.61. The second-order valence-corrected chi connectivity index (χ2v) is 3.91. The molecule has 1 rings (SSSR count). The fourth-order valence-corrected chi connectivity index (χ4v) is 1.60. The molecule has 1 amide bonds. The van der Waals surface area contributed by atoms with Crippen LogP contribution in [-0.2, 0) is 9.53 Å². The van der Waals surface area contributed by atoms with Gasteiger partial charge in [0.2, 0.25) is 5.91 Å². The maximum Gasteiger partial charge on any atom is 0.220 e. The highest BCUT2D eigenvalue weighted by Gasteiger charge is 2.09. The highest BCUT2D eigenvalue weighted by atomic mass is 16.5. The number of carbonyl (C=O) groups excluding carboxylic acids is 1. The summed E-state index contributed by atoms with van der Waals surface area (Å²) in [4.78, 5) is 13.6. The zero-order valence-corrected chi connectivity index (χ0v) is 11.6. The quantitative estimate of drug-likeness (QED) is 0.772. The lowest BCUT2D eigenvalue weighted by Gasteiger charge is -2.26. The van der Waals surface area contributed by atoms with E-state index in [0.717, 1.165) is 52.2 Å². The summed E-state index contributed by atoms with van der Waals surface area (Å²) in [6.45, 7) is 11.4. The maximum atomic E-state index is 11.3. The molecule has 1 aliphatic rings. The van der Waals surface area contributed by atoms with Crippen molar-refractivity contribution in [2.75, 3.05) is 39.4 Å². The van der Waals surface area contributed by atoms with Crippen LogP contribution < -0.4 is 5.32 Å². The Balaban J connectivity index is 0.00000121. The van der Waals surface area contributed by atoms with Gasteiger partial charge in [0, 0.05) is 32.6 Å². The molecule has 4 nitrogen and oxygen atoms in total. The topological polar surface area (TPSA) is 41.6 Å². The predicted octanol–water partition coefficient (Wildman–Crippen LogP) is 1.65. The summed E-state index contributed by atoms with van der Waals surface area (Å²) in [5.74, 6) is 0.185. The zero-order chi connectivity index (χ0) is 12.9. The fourth-order valence-electron chi connectivity index (χ4n) is 1.60. The summed E-state index contributed by atoms with van der Waals surface area (Å²) in [7, 11) is 0. The third-order valence-electron chi connectivity index (χ3n) is 2.61. The van der Waals surface area contributed by atoms with Crippen molar-refractivity contribution in [2.45, 2.75) is 40.0 Å². The number of unbranched alkanes of at least 4 members (excludes halogenated alkanes) is 1. The maximum absolute atomic E-state index is 11.3. The molecule has 0 spiro atoms. The smallest absolute Gasteiger partial charge is 0.220 e. The Morgan fingerprint density at radius 2 is 1.94 bits per heavy atom. The summed E-state index contributed by atoms with van der Waals surface area (Å²) < 4.78 is 5.25. The Hall–Kier alpha value is -0.610. The van der Waals surface area contributed by atoms with E-state index < -0.39 is 0 Å². The van der Waals surface area contributed by atoms with Gasteiger partial charge in [-0.15, -0.1) is 0 Å². The molecule has 0 aromatic carbocycles. The Kier molecular flexibility index (Phi) is 11.4. The lowest BCUT2D eigenvalue weighted by Crippen LogP contribution is -2.41. The predicted molar refractivity (Wildman–Crippen MR) is 71.1 cm³/mol. The molecule has 0 bridgehead atoms. The molecule has 0 atom stereocenters. The van der Waals surface area contributed by atoms with E-state index in [4.69, 9.17) is 4.74 Å². The number of hydrogen-bond donors (Lipinski definition) is 1. The molecular weight excluding hydrogens is 216 g/mol. The molecule has 1 N–H and O–H groups in total. The standard InChI is InChI=1S/C11H22N2O2.C2H6/c1-2-3-4-11(14)12-5-6-13-7-9-15-10-8-13;1-2/h2-10H2,1H3,(H,12,14);1-2H3. The summed E-state index contributed by atoms with van der Waals surface area (Å²) in [6.07, 6.45) is 2.74. The van der Waals surface area contributed by atoms with E-state index in [9.17, 15) is 4.79 Å². The van der Waals surface area contributed by atoms with Gasteiger partial charge in [0.05, 0.1) is 13.2 Å². The number of nitrogens with zero attached hydrogens (tertiary/aromatic N) is 1. The third kappa shape index (κ3) is 9.12. The number of carbonyl (C=O) groups is 1. The molecule has 0 aromatic rings. The molecule has 1 heterocycles. The largest absolute Gasteiger partial charge is 0.379 e. The van der Waals surface area contributed by atoms with Crippen LogP contribution in [0.5, 0.6) is 0 Å². The number of hydrogen-bond acceptors (Lipinski definition) is 3. The van der Waals surface area contributed by atoms with Gasteiger partial charge in [-0.05, 0) is 6.42 Å². The SMILES string of the molecule is CC.CCCCC(=O)NCCN1CCOCC1. The van der Waals surface area contributed by atoms with Crippen molar-refractivity contribution in [3.63, 3.8) is 0 Å². The summed E-state index contributed by atoms with van der Waals surface area (Å²) in [5.41, 5.74) is 0. The van der Waals surface area contributed by atoms with Crippen molar-refractivity contribution in [1.82, 2.24) is 10.2 Å². The van der Waals surface area contributed by atoms with Crippen LogP contribution >= 0.6 is 0 Å². The number of nitrogens with one attached hydrogen (secondary N) is 1. The number of morpholine rings is 1. The molecule has 0 aliphatic carbocycles. The first-order chi connectivity index (χ1) is 8.33. The van der Waals surface area contributed by atoms with Crippen molar-refractivity contribution in [3.8, 4) is 0 Å². The number of ether oxygens (including phenoxy) is 1. The van der Waals surface area contributed by atoms with Crippen LogP contribution in [0.3, 0.4) is 0 Å². The van der Waals surface area contributed by atoms with Crippen molar-refractivity contribution in [2.24, 2.45) is 0 Å². The summed E-state index contributed by atoms with van der Waals surface area (Å²) in [6, 6.07) is 0. The van der Waals surface area contributed by atoms with Gasteiger partial charge in [-0.3, -0.25) is 9.69 Å². The molecule has 1 aliphatic heterocycles. The van der Waals surface area contributed by atoms with Crippen molar-refractivity contribution in [1.29, 1.82) is 0 Å². The van der Waals surface area contributed by atoms with Crippen molar-refractivity contribution in [3.05, 3.63) is 0 Å². The first-order valence-corrected chi connectivity index (χ1v) is 6.89. The van der Waals surface area contributed by atoms with Crippen molar-refractivity contribution < 1.29 is 9.53 Å². The van der Waals surface area contributed by atoms with Gasteiger partial charge >= 0.3 is 0 Å². The Morgan fingerprint density at radius 1 is 1.29 bits per heavy atom. The molecular formula is C13H28N2O2. The monoisotopic (exact) mass is 244 g/mol. The van der Waals surface area contributed by atoms with Gasteiger partial charge in [-0.25, -0.2) is 0 Å². The molecule has 0 aromatic heterocycles. The van der Waals surface area contributed by atoms with Gasteiger partial charge < -0.3 is 10.1 Å². The average Bonchev–Trinajstić information content (AvgIpc) is 2.40. The lowest BCUT2D eigenvalue weighted by atomic mass is 10.2. The minimum absolute atomic E-state index is 0.185. The Bertz CT molecular complexity index is 180. The molecule has 1 saturated heterocycles. The zero-order valence-electron chi connectivity index (χ0n) is 11.6. The van der Waals surface area contributed by atoms with E-state index in [-0.39, 0.29) is 5.91 Å². The lowest BCUT2D eigenvalue weighted by molar-refractivity contribution is -0.121. The van der Waals surface area contributed by atoms with Gasteiger partial charge in [0.1, 0.15) is 0 Å². The van der Waals surface area contributed by atoms with E-state index in [0.29, 0.717) is 6.42 Å². The van der Waals surface area contributed by atoms with Crippen LogP contribution in [0, 0.1) is 0 Å². The average molecular weight is 244 g/mol. The van der Waals surface area contributed by atoms with Crippen LogP contribution in [0.15, 0.2) is 0 Å². The molecule has 0 unspecified atom stereocenters.